The van der Waals surface area contributed by atoms with E-state index < -0.39 is 0 Å². The van der Waals surface area contributed by atoms with E-state index in [4.69, 9.17) is 4.74 Å². The van der Waals surface area contributed by atoms with Gasteiger partial charge in [0.25, 0.3) is 0 Å². The predicted molar refractivity (Wildman–Crippen MR) is 59.1 cm³/mol. The normalized spacial score (nSPS) is 13.2. The van der Waals surface area contributed by atoms with Gasteiger partial charge in [0.1, 0.15) is 0 Å². The molecule has 0 bridgehead atoms. The van der Waals surface area contributed by atoms with Gasteiger partial charge in [-0.2, -0.15) is 0 Å². The van der Waals surface area contributed by atoms with Crippen molar-refractivity contribution in [1.29, 1.82) is 0 Å². The van der Waals surface area contributed by atoms with Gasteiger partial charge in [-0.25, -0.2) is 0 Å². The Labute approximate surface area is 93.6 Å². The number of hydrogen-bond acceptors (Lipinski definition) is 3. The molecule has 0 aliphatic carbocycles. The van der Waals surface area contributed by atoms with E-state index in [0.717, 1.165) is 16.8 Å². The highest BCUT2D eigenvalue weighted by Gasteiger charge is 2.17. The molecule has 0 radical (unpaired) electrons. The molecule has 4 heteroatoms. The third-order valence-corrected chi connectivity index (χ3v) is 2.45. The van der Waals surface area contributed by atoms with Crippen LogP contribution in [0.15, 0.2) is 18.2 Å². The second kappa shape index (κ2) is 4.35. The van der Waals surface area contributed by atoms with Crippen molar-refractivity contribution in [2.45, 2.75) is 19.8 Å². The van der Waals surface area contributed by atoms with Crippen LogP contribution >= 0.6 is 0 Å². The average molecular weight is 219 g/mol. The van der Waals surface area contributed by atoms with Gasteiger partial charge in [-0.1, -0.05) is 12.1 Å². The number of fused-ring (bicyclic) bond motifs is 1. The minimum Gasteiger partial charge on any atom is -0.466 e. The van der Waals surface area contributed by atoms with Gasteiger partial charge < -0.3 is 10.1 Å². The maximum Gasteiger partial charge on any atom is 0.310 e. The SMILES string of the molecule is CCOC(=O)Cc1ccc2c(c1)CC(=O)N2. The van der Waals surface area contributed by atoms with Crippen LogP contribution < -0.4 is 5.32 Å². The quantitative estimate of drug-likeness (QED) is 0.779. The van der Waals surface area contributed by atoms with E-state index in [0.29, 0.717) is 13.0 Å². The molecule has 0 atom stereocenters. The molecule has 0 unspecified atom stereocenters. The van der Waals surface area contributed by atoms with Crippen LogP contribution in [-0.4, -0.2) is 18.5 Å². The highest BCUT2D eigenvalue weighted by Crippen LogP contribution is 2.24. The Bertz CT molecular complexity index is 440. The molecule has 1 aliphatic heterocycles. The highest BCUT2D eigenvalue weighted by molar-refractivity contribution is 5.99. The first kappa shape index (κ1) is 10.7. The fourth-order valence-corrected chi connectivity index (χ4v) is 1.77. The molecule has 1 aromatic rings. The molecule has 0 saturated heterocycles. The number of rotatable bonds is 3. The molecule has 4 nitrogen and oxygen atoms in total. The summed E-state index contributed by atoms with van der Waals surface area (Å²) in [6.07, 6.45) is 0.654. The van der Waals surface area contributed by atoms with Crippen molar-refractivity contribution in [2.75, 3.05) is 11.9 Å². The van der Waals surface area contributed by atoms with Crippen LogP contribution in [0.3, 0.4) is 0 Å². The summed E-state index contributed by atoms with van der Waals surface area (Å²) < 4.78 is 4.86. The number of ether oxygens (including phenoxy) is 1. The smallest absolute Gasteiger partial charge is 0.310 e. The lowest BCUT2D eigenvalue weighted by molar-refractivity contribution is -0.142. The van der Waals surface area contributed by atoms with Crippen molar-refractivity contribution in [3.8, 4) is 0 Å². The zero-order valence-electron chi connectivity index (χ0n) is 9.08. The van der Waals surface area contributed by atoms with Crippen molar-refractivity contribution in [3.63, 3.8) is 0 Å². The lowest BCUT2D eigenvalue weighted by Crippen LogP contribution is -2.07. The van der Waals surface area contributed by atoms with Crippen molar-refractivity contribution in [1.82, 2.24) is 0 Å². The molecule has 2 rings (SSSR count). The molecule has 1 N–H and O–H groups in total. The largest absolute Gasteiger partial charge is 0.466 e. The van der Waals surface area contributed by atoms with E-state index >= 15 is 0 Å². The van der Waals surface area contributed by atoms with E-state index in [1.807, 2.05) is 18.2 Å². The number of esters is 1. The molecule has 0 spiro atoms. The zero-order valence-corrected chi connectivity index (χ0v) is 9.08. The number of carbonyl (C=O) groups excluding carboxylic acids is 2. The minimum atomic E-state index is -0.236. The molecule has 1 aromatic carbocycles. The molecule has 84 valence electrons. The Balaban J connectivity index is 2.10. The Morgan fingerprint density at radius 3 is 3.06 bits per heavy atom. The van der Waals surface area contributed by atoms with E-state index in [9.17, 15) is 9.59 Å². The number of carbonyl (C=O) groups is 2. The first-order chi connectivity index (χ1) is 7.69. The Morgan fingerprint density at radius 2 is 2.31 bits per heavy atom. The number of hydrogen-bond donors (Lipinski definition) is 1. The number of benzene rings is 1. The summed E-state index contributed by atoms with van der Waals surface area (Å²) in [5.74, 6) is -0.233. The maximum atomic E-state index is 11.3. The average Bonchev–Trinajstić information content (AvgIpc) is 2.57. The Kier molecular flexibility index (Phi) is 2.90. The molecular weight excluding hydrogens is 206 g/mol. The molecule has 16 heavy (non-hydrogen) atoms. The standard InChI is InChI=1S/C12H13NO3/c1-2-16-12(15)6-8-3-4-10-9(5-8)7-11(14)13-10/h3-5H,2,6-7H2,1H3,(H,13,14). The molecule has 0 aromatic heterocycles. The number of anilines is 1. The molecule has 1 heterocycles. The van der Waals surface area contributed by atoms with Crippen molar-refractivity contribution >= 4 is 17.6 Å². The van der Waals surface area contributed by atoms with Gasteiger partial charge in [0.15, 0.2) is 0 Å². The summed E-state index contributed by atoms with van der Waals surface area (Å²) in [5.41, 5.74) is 2.68. The van der Waals surface area contributed by atoms with Gasteiger partial charge in [0.05, 0.1) is 19.4 Å². The van der Waals surface area contributed by atoms with E-state index in [1.54, 1.807) is 6.92 Å². The molecular formula is C12H13NO3. The van der Waals surface area contributed by atoms with Crippen molar-refractivity contribution in [2.24, 2.45) is 0 Å². The summed E-state index contributed by atoms with van der Waals surface area (Å²) in [6.45, 7) is 2.17. The lowest BCUT2D eigenvalue weighted by atomic mass is 10.1. The summed E-state index contributed by atoms with van der Waals surface area (Å²) >= 11 is 0. The van der Waals surface area contributed by atoms with Crippen LogP contribution in [0.5, 0.6) is 0 Å². The van der Waals surface area contributed by atoms with Crippen LogP contribution in [-0.2, 0) is 27.2 Å². The van der Waals surface area contributed by atoms with Gasteiger partial charge >= 0.3 is 5.97 Å². The molecule has 0 saturated carbocycles. The summed E-state index contributed by atoms with van der Waals surface area (Å²) in [4.78, 5) is 22.4. The third kappa shape index (κ3) is 2.21. The van der Waals surface area contributed by atoms with E-state index in [-0.39, 0.29) is 18.3 Å². The summed E-state index contributed by atoms with van der Waals surface area (Å²) in [6, 6.07) is 5.54. The van der Waals surface area contributed by atoms with Crippen LogP contribution in [0.25, 0.3) is 0 Å². The third-order valence-electron chi connectivity index (χ3n) is 2.45. The summed E-state index contributed by atoms with van der Waals surface area (Å²) in [7, 11) is 0. The second-order valence-electron chi connectivity index (χ2n) is 3.70. The van der Waals surface area contributed by atoms with Crippen molar-refractivity contribution < 1.29 is 14.3 Å². The minimum absolute atomic E-state index is 0.00304. The monoisotopic (exact) mass is 219 g/mol. The van der Waals surface area contributed by atoms with Gasteiger partial charge in [-0.05, 0) is 24.1 Å². The zero-order chi connectivity index (χ0) is 11.5. The number of nitrogens with one attached hydrogen (secondary N) is 1. The second-order valence-corrected chi connectivity index (χ2v) is 3.70. The maximum absolute atomic E-state index is 11.3. The first-order valence-electron chi connectivity index (χ1n) is 5.26. The molecule has 0 fully saturated rings. The molecule has 1 aliphatic rings. The van der Waals surface area contributed by atoms with Crippen molar-refractivity contribution in [3.05, 3.63) is 29.3 Å². The van der Waals surface area contributed by atoms with Crippen LogP contribution in [0.1, 0.15) is 18.1 Å². The van der Waals surface area contributed by atoms with Gasteiger partial charge in [0, 0.05) is 5.69 Å². The summed E-state index contributed by atoms with van der Waals surface area (Å²) in [5, 5.41) is 2.75. The highest BCUT2D eigenvalue weighted by atomic mass is 16.5. The van der Waals surface area contributed by atoms with Crippen LogP contribution in [0.4, 0.5) is 5.69 Å². The number of amides is 1. The lowest BCUT2D eigenvalue weighted by Gasteiger charge is -2.04. The Morgan fingerprint density at radius 1 is 1.50 bits per heavy atom. The van der Waals surface area contributed by atoms with Crippen LogP contribution in [0.2, 0.25) is 0 Å². The van der Waals surface area contributed by atoms with E-state index in [1.165, 1.54) is 0 Å². The Hall–Kier alpha value is -1.84. The fraction of sp³-hybridized carbons (Fsp3) is 0.333. The van der Waals surface area contributed by atoms with Gasteiger partial charge in [-0.3, -0.25) is 9.59 Å². The van der Waals surface area contributed by atoms with Gasteiger partial charge in [-0.15, -0.1) is 0 Å². The molecule has 1 amide bonds. The fourth-order valence-electron chi connectivity index (χ4n) is 1.77. The van der Waals surface area contributed by atoms with Crippen LogP contribution in [0, 0.1) is 0 Å². The topological polar surface area (TPSA) is 55.4 Å². The first-order valence-corrected chi connectivity index (χ1v) is 5.26. The predicted octanol–water partition coefficient (Wildman–Crippen LogP) is 1.29. The van der Waals surface area contributed by atoms with E-state index in [2.05, 4.69) is 5.32 Å². The van der Waals surface area contributed by atoms with Gasteiger partial charge in [0.2, 0.25) is 5.91 Å².